The normalized spacial score (nSPS) is 25.6. The second-order valence-electron chi connectivity index (χ2n) is 7.68. The molecule has 1 N–H and O–H groups in total. The number of ketones is 1. The van der Waals surface area contributed by atoms with E-state index in [1.165, 1.54) is 0 Å². The molecule has 0 aliphatic carbocycles. The zero-order valence-corrected chi connectivity index (χ0v) is 13.9. The van der Waals surface area contributed by atoms with Crippen LogP contribution in [0.4, 0.5) is 4.79 Å². The summed E-state index contributed by atoms with van der Waals surface area (Å²) in [5, 5.41) is 9.76. The Bertz CT molecular complexity index is 398. The van der Waals surface area contributed by atoms with Crippen molar-refractivity contribution in [2.75, 3.05) is 0 Å². The van der Waals surface area contributed by atoms with Crippen molar-refractivity contribution in [1.82, 2.24) is 4.90 Å². The quantitative estimate of drug-likeness (QED) is 0.835. The van der Waals surface area contributed by atoms with Gasteiger partial charge in [-0.3, -0.25) is 9.69 Å². The van der Waals surface area contributed by atoms with Gasteiger partial charge in [-0.15, -0.1) is 0 Å². The number of nitrogens with zero attached hydrogens (tertiary/aromatic N) is 1. The van der Waals surface area contributed by atoms with Crippen molar-refractivity contribution >= 4 is 11.9 Å². The lowest BCUT2D eigenvalue weighted by molar-refractivity contribution is -0.152. The van der Waals surface area contributed by atoms with Gasteiger partial charge in [-0.1, -0.05) is 34.6 Å². The van der Waals surface area contributed by atoms with Crippen molar-refractivity contribution < 1.29 is 14.7 Å². The number of carbonyl (C=O) groups is 2. The minimum Gasteiger partial charge on any atom is -0.465 e. The molecule has 1 amide bonds. The van der Waals surface area contributed by atoms with Gasteiger partial charge in [-0.2, -0.15) is 0 Å². The Morgan fingerprint density at radius 3 is 2.05 bits per heavy atom. The van der Waals surface area contributed by atoms with Crippen LogP contribution in [0.2, 0.25) is 0 Å². The van der Waals surface area contributed by atoms with E-state index < -0.39 is 17.2 Å². The fourth-order valence-corrected chi connectivity index (χ4v) is 4.35. The van der Waals surface area contributed by atoms with Crippen molar-refractivity contribution in [2.45, 2.75) is 78.8 Å². The van der Waals surface area contributed by atoms with Gasteiger partial charge < -0.3 is 5.11 Å². The molecule has 1 saturated heterocycles. The summed E-state index contributed by atoms with van der Waals surface area (Å²) in [5.74, 6) is -0.0576. The third kappa shape index (κ3) is 2.45. The van der Waals surface area contributed by atoms with Crippen LogP contribution in [0.15, 0.2) is 0 Å². The van der Waals surface area contributed by atoms with E-state index in [1.807, 2.05) is 48.5 Å². The number of Topliss-reactive ketones (excluding diaryl/α,β-unsaturated/α-hetero) is 1. The third-order valence-electron chi connectivity index (χ3n) is 4.80. The number of amides is 1. The average Bonchev–Trinajstić information content (AvgIpc) is 2.23. The van der Waals surface area contributed by atoms with E-state index >= 15 is 0 Å². The highest BCUT2D eigenvalue weighted by molar-refractivity contribution is 5.87. The fraction of sp³-hybridized carbons (Fsp3) is 0.875. The third-order valence-corrected chi connectivity index (χ3v) is 4.80. The Kier molecular flexibility index (Phi) is 4.29. The number of hydrogen-bond donors (Lipinski definition) is 1. The average molecular weight is 283 g/mol. The van der Waals surface area contributed by atoms with E-state index in [9.17, 15) is 14.7 Å². The standard InChI is InChI=1S/C16H29NO3/c1-8-16(9-2)12(14(3,4)5)11(18)10-15(6,7)17(16)13(19)20/h12H,8-10H2,1-7H3,(H,19,20). The van der Waals surface area contributed by atoms with E-state index in [1.54, 1.807) is 4.90 Å². The van der Waals surface area contributed by atoms with E-state index in [4.69, 9.17) is 0 Å². The van der Waals surface area contributed by atoms with Gasteiger partial charge in [0.1, 0.15) is 5.78 Å². The summed E-state index contributed by atoms with van der Waals surface area (Å²) in [6.45, 7) is 13.8. The molecule has 1 aliphatic rings. The van der Waals surface area contributed by atoms with Crippen LogP contribution in [-0.2, 0) is 4.79 Å². The van der Waals surface area contributed by atoms with E-state index in [2.05, 4.69) is 0 Å². The van der Waals surface area contributed by atoms with Crippen molar-refractivity contribution in [2.24, 2.45) is 11.3 Å². The SMILES string of the molecule is CCC1(CC)C(C(C)(C)C)C(=O)CC(C)(C)N1C(=O)O. The van der Waals surface area contributed by atoms with E-state index in [-0.39, 0.29) is 17.1 Å². The molecule has 1 rings (SSSR count). The van der Waals surface area contributed by atoms with Gasteiger partial charge in [-0.05, 0) is 32.1 Å². The second-order valence-corrected chi connectivity index (χ2v) is 7.68. The van der Waals surface area contributed by atoms with Crippen LogP contribution < -0.4 is 0 Å². The Morgan fingerprint density at radius 2 is 1.75 bits per heavy atom. The molecule has 0 aromatic heterocycles. The molecule has 1 unspecified atom stereocenters. The van der Waals surface area contributed by atoms with Crippen LogP contribution in [0.3, 0.4) is 0 Å². The molecule has 0 aromatic rings. The molecule has 1 heterocycles. The number of hydrogen-bond acceptors (Lipinski definition) is 2. The number of carbonyl (C=O) groups excluding carboxylic acids is 1. The maximum atomic E-state index is 12.7. The van der Waals surface area contributed by atoms with Gasteiger partial charge in [0.15, 0.2) is 0 Å². The first-order valence-corrected chi connectivity index (χ1v) is 7.50. The van der Waals surface area contributed by atoms with Crippen molar-refractivity contribution in [1.29, 1.82) is 0 Å². The minimum absolute atomic E-state index is 0.198. The predicted octanol–water partition coefficient (Wildman–Crippen LogP) is 3.94. The van der Waals surface area contributed by atoms with Gasteiger partial charge in [0, 0.05) is 17.9 Å². The van der Waals surface area contributed by atoms with Crippen LogP contribution in [0.1, 0.15) is 67.7 Å². The molecule has 116 valence electrons. The lowest BCUT2D eigenvalue weighted by Gasteiger charge is -2.59. The maximum absolute atomic E-state index is 12.7. The molecule has 0 saturated carbocycles. The molecule has 20 heavy (non-hydrogen) atoms. The molecule has 1 fully saturated rings. The second kappa shape index (κ2) is 5.05. The fourth-order valence-electron chi connectivity index (χ4n) is 4.35. The number of carboxylic acid groups (broad SMARTS) is 1. The predicted molar refractivity (Wildman–Crippen MR) is 79.8 cm³/mol. The molecule has 4 heteroatoms. The molecule has 0 radical (unpaired) electrons. The van der Waals surface area contributed by atoms with Crippen LogP contribution in [0.5, 0.6) is 0 Å². The molecular weight excluding hydrogens is 254 g/mol. The summed E-state index contributed by atoms with van der Waals surface area (Å²) < 4.78 is 0. The summed E-state index contributed by atoms with van der Waals surface area (Å²) in [7, 11) is 0. The molecule has 0 bridgehead atoms. The summed E-state index contributed by atoms with van der Waals surface area (Å²) in [4.78, 5) is 26.2. The Labute approximate surface area is 122 Å². The van der Waals surface area contributed by atoms with Gasteiger partial charge in [0.2, 0.25) is 0 Å². The molecule has 4 nitrogen and oxygen atoms in total. The van der Waals surface area contributed by atoms with Crippen LogP contribution in [0.25, 0.3) is 0 Å². The van der Waals surface area contributed by atoms with Gasteiger partial charge >= 0.3 is 6.09 Å². The Balaban J connectivity index is 3.55. The lowest BCUT2D eigenvalue weighted by atomic mass is 9.59. The lowest BCUT2D eigenvalue weighted by Crippen LogP contribution is -2.71. The van der Waals surface area contributed by atoms with Gasteiger partial charge in [0.25, 0.3) is 0 Å². The Hall–Kier alpha value is -1.06. The van der Waals surface area contributed by atoms with Crippen LogP contribution in [-0.4, -0.2) is 33.0 Å². The highest BCUT2D eigenvalue weighted by atomic mass is 16.4. The summed E-state index contributed by atoms with van der Waals surface area (Å²) >= 11 is 0. The topological polar surface area (TPSA) is 57.6 Å². The molecule has 0 spiro atoms. The maximum Gasteiger partial charge on any atom is 0.408 e. The monoisotopic (exact) mass is 283 g/mol. The zero-order chi connectivity index (χ0) is 15.9. The minimum atomic E-state index is -0.916. The molecule has 0 aromatic carbocycles. The van der Waals surface area contributed by atoms with Crippen molar-refractivity contribution in [3.05, 3.63) is 0 Å². The first-order valence-electron chi connectivity index (χ1n) is 7.50. The number of likely N-dealkylation sites (tertiary alicyclic amines) is 1. The number of piperidine rings is 1. The Morgan fingerprint density at radius 1 is 1.30 bits per heavy atom. The van der Waals surface area contributed by atoms with E-state index in [0.717, 1.165) is 0 Å². The summed E-state index contributed by atoms with van der Waals surface area (Å²) in [6, 6.07) is 0. The first kappa shape index (κ1) is 17.0. The summed E-state index contributed by atoms with van der Waals surface area (Å²) in [6.07, 6.45) is 0.698. The van der Waals surface area contributed by atoms with E-state index in [0.29, 0.717) is 19.3 Å². The smallest absolute Gasteiger partial charge is 0.408 e. The van der Waals surface area contributed by atoms with Crippen molar-refractivity contribution in [3.63, 3.8) is 0 Å². The zero-order valence-electron chi connectivity index (χ0n) is 13.9. The van der Waals surface area contributed by atoms with Crippen LogP contribution in [0, 0.1) is 11.3 Å². The number of rotatable bonds is 2. The highest BCUT2D eigenvalue weighted by Gasteiger charge is 2.59. The molecule has 1 atom stereocenters. The van der Waals surface area contributed by atoms with Crippen LogP contribution >= 0.6 is 0 Å². The summed E-state index contributed by atoms with van der Waals surface area (Å²) in [5.41, 5.74) is -1.49. The molecule has 1 aliphatic heterocycles. The molecular formula is C16H29NO3. The highest BCUT2D eigenvalue weighted by Crippen LogP contribution is 2.50. The first-order chi connectivity index (χ1) is 8.94. The van der Waals surface area contributed by atoms with Crippen molar-refractivity contribution in [3.8, 4) is 0 Å². The largest absolute Gasteiger partial charge is 0.465 e. The van der Waals surface area contributed by atoms with Gasteiger partial charge in [0.05, 0.1) is 5.54 Å². The van der Waals surface area contributed by atoms with Gasteiger partial charge in [-0.25, -0.2) is 4.79 Å².